The number of carbonyl (C=O) groups excluding carboxylic acids is 1. The highest BCUT2D eigenvalue weighted by atomic mass is 35.5. The molecular weight excluding hydrogens is 432 g/mol. The number of amides is 1. The van der Waals surface area contributed by atoms with Gasteiger partial charge in [-0.15, -0.1) is 10.2 Å². The highest BCUT2D eigenvalue weighted by Crippen LogP contribution is 2.24. The number of halogens is 1. The molecule has 1 aromatic heterocycles. The first kappa shape index (κ1) is 21.0. The van der Waals surface area contributed by atoms with E-state index in [1.165, 1.54) is 11.8 Å². The largest absolute Gasteiger partial charge is 0.486 e. The zero-order chi connectivity index (χ0) is 21.5. The second-order valence-corrected chi connectivity index (χ2v) is 7.84. The summed E-state index contributed by atoms with van der Waals surface area (Å²) in [5.41, 5.74) is 1.48. The van der Waals surface area contributed by atoms with Gasteiger partial charge in [-0.25, -0.2) is 0 Å². The number of hydrogen-bond acceptors (Lipinski definition) is 5. The Morgan fingerprint density at radius 3 is 2.35 bits per heavy atom. The van der Waals surface area contributed by atoms with Gasteiger partial charge in [-0.3, -0.25) is 9.36 Å². The van der Waals surface area contributed by atoms with Gasteiger partial charge in [0.2, 0.25) is 5.91 Å². The van der Waals surface area contributed by atoms with Crippen molar-refractivity contribution >= 4 is 35.0 Å². The van der Waals surface area contributed by atoms with Crippen molar-refractivity contribution < 1.29 is 9.53 Å². The molecule has 0 unspecified atom stereocenters. The quantitative estimate of drug-likeness (QED) is 0.372. The van der Waals surface area contributed by atoms with Crippen molar-refractivity contribution in [3.8, 4) is 11.4 Å². The maximum atomic E-state index is 12.4. The van der Waals surface area contributed by atoms with E-state index in [-0.39, 0.29) is 18.3 Å². The number of nitrogens with one attached hydrogen (secondary N) is 1. The van der Waals surface area contributed by atoms with E-state index in [1.807, 2.05) is 77.4 Å². The number of benzene rings is 3. The van der Waals surface area contributed by atoms with Crippen molar-refractivity contribution in [3.63, 3.8) is 0 Å². The number of thioether (sulfide) groups is 1. The lowest BCUT2D eigenvalue weighted by molar-refractivity contribution is -0.113. The number of rotatable bonds is 8. The summed E-state index contributed by atoms with van der Waals surface area (Å²) in [6, 6.07) is 26.4. The Morgan fingerprint density at radius 2 is 1.61 bits per heavy atom. The molecule has 156 valence electrons. The Kier molecular flexibility index (Phi) is 6.86. The number of anilines is 1. The molecular formula is C23H19ClN4O2S. The fourth-order valence-corrected chi connectivity index (χ4v) is 3.82. The molecule has 4 aromatic rings. The number of nitrogens with zero attached hydrogens (tertiary/aromatic N) is 3. The van der Waals surface area contributed by atoms with Crippen LogP contribution in [-0.4, -0.2) is 26.4 Å². The lowest BCUT2D eigenvalue weighted by Gasteiger charge is -2.11. The summed E-state index contributed by atoms with van der Waals surface area (Å²) in [4.78, 5) is 12.4. The van der Waals surface area contributed by atoms with Crippen molar-refractivity contribution in [3.05, 3.63) is 95.8 Å². The summed E-state index contributed by atoms with van der Waals surface area (Å²) in [5.74, 6) is 1.38. The van der Waals surface area contributed by atoms with Gasteiger partial charge >= 0.3 is 0 Å². The van der Waals surface area contributed by atoms with Crippen LogP contribution >= 0.6 is 23.4 Å². The van der Waals surface area contributed by atoms with E-state index < -0.39 is 0 Å². The fourth-order valence-electron chi connectivity index (χ4n) is 2.87. The van der Waals surface area contributed by atoms with Gasteiger partial charge in [-0.1, -0.05) is 71.9 Å². The van der Waals surface area contributed by atoms with Crippen LogP contribution in [0.25, 0.3) is 5.69 Å². The average molecular weight is 451 g/mol. The van der Waals surface area contributed by atoms with Crippen LogP contribution in [-0.2, 0) is 11.4 Å². The molecule has 0 fully saturated rings. The molecule has 1 N–H and O–H groups in total. The molecule has 31 heavy (non-hydrogen) atoms. The molecule has 0 aliphatic heterocycles. The van der Waals surface area contributed by atoms with E-state index in [0.717, 1.165) is 11.4 Å². The molecule has 0 radical (unpaired) electrons. The Labute approximate surface area is 189 Å². The molecule has 0 atom stereocenters. The summed E-state index contributed by atoms with van der Waals surface area (Å²) < 4.78 is 7.76. The van der Waals surface area contributed by atoms with E-state index in [9.17, 15) is 4.79 Å². The Bertz CT molecular complexity index is 1150. The van der Waals surface area contributed by atoms with Crippen molar-refractivity contribution in [1.82, 2.24) is 14.8 Å². The molecule has 0 saturated carbocycles. The Morgan fingerprint density at radius 1 is 0.935 bits per heavy atom. The Hall–Kier alpha value is -3.29. The minimum absolute atomic E-state index is 0.162. The highest BCUT2D eigenvalue weighted by Gasteiger charge is 2.17. The fraction of sp³-hybridized carbons (Fsp3) is 0.0870. The molecule has 1 amide bonds. The highest BCUT2D eigenvalue weighted by molar-refractivity contribution is 7.99. The normalized spacial score (nSPS) is 10.6. The number of carbonyl (C=O) groups is 1. The topological polar surface area (TPSA) is 69.0 Å². The predicted molar refractivity (Wildman–Crippen MR) is 123 cm³/mol. The van der Waals surface area contributed by atoms with E-state index >= 15 is 0 Å². The SMILES string of the molecule is O=C(CSc1nnc(COc2ccccc2)n1-c1ccccc1)Nc1ccccc1Cl. The predicted octanol–water partition coefficient (Wildman–Crippen LogP) is 5.23. The van der Waals surface area contributed by atoms with Gasteiger partial charge in [-0.2, -0.15) is 0 Å². The summed E-state index contributed by atoms with van der Waals surface area (Å²) in [5, 5.41) is 12.5. The number of aromatic nitrogens is 3. The van der Waals surface area contributed by atoms with Crippen LogP contribution in [0.2, 0.25) is 5.02 Å². The van der Waals surface area contributed by atoms with Crippen LogP contribution in [0.1, 0.15) is 5.82 Å². The van der Waals surface area contributed by atoms with Gasteiger partial charge < -0.3 is 10.1 Å². The molecule has 6 nitrogen and oxygen atoms in total. The molecule has 0 spiro atoms. The van der Waals surface area contributed by atoms with Gasteiger partial charge in [0, 0.05) is 5.69 Å². The van der Waals surface area contributed by atoms with Gasteiger partial charge in [0.1, 0.15) is 12.4 Å². The zero-order valence-corrected chi connectivity index (χ0v) is 18.0. The third-order valence-corrected chi connectivity index (χ3v) is 5.56. The second kappa shape index (κ2) is 10.1. The maximum Gasteiger partial charge on any atom is 0.234 e. The van der Waals surface area contributed by atoms with Crippen LogP contribution in [0.3, 0.4) is 0 Å². The lowest BCUT2D eigenvalue weighted by Crippen LogP contribution is -2.15. The maximum absolute atomic E-state index is 12.4. The van der Waals surface area contributed by atoms with Crippen LogP contribution in [0.15, 0.2) is 90.1 Å². The summed E-state index contributed by atoms with van der Waals surface area (Å²) in [6.07, 6.45) is 0. The van der Waals surface area contributed by atoms with Crippen molar-refractivity contribution in [2.45, 2.75) is 11.8 Å². The van der Waals surface area contributed by atoms with Crippen LogP contribution in [0.5, 0.6) is 5.75 Å². The lowest BCUT2D eigenvalue weighted by atomic mass is 10.3. The van der Waals surface area contributed by atoms with E-state index in [2.05, 4.69) is 15.5 Å². The standard InChI is InChI=1S/C23H19ClN4O2S/c24-19-13-7-8-14-20(19)25-22(29)16-31-23-27-26-21(15-30-18-11-5-2-6-12-18)28(23)17-9-3-1-4-10-17/h1-14H,15-16H2,(H,25,29). The van der Waals surface area contributed by atoms with E-state index in [4.69, 9.17) is 16.3 Å². The van der Waals surface area contributed by atoms with Gasteiger partial charge in [-0.05, 0) is 36.4 Å². The van der Waals surface area contributed by atoms with Crippen molar-refractivity contribution in [1.29, 1.82) is 0 Å². The van der Waals surface area contributed by atoms with Crippen molar-refractivity contribution in [2.75, 3.05) is 11.1 Å². The Balaban J connectivity index is 1.49. The monoisotopic (exact) mass is 450 g/mol. The van der Waals surface area contributed by atoms with E-state index in [0.29, 0.717) is 21.7 Å². The van der Waals surface area contributed by atoms with Gasteiger partial charge in [0.25, 0.3) is 0 Å². The average Bonchev–Trinajstić information content (AvgIpc) is 3.22. The molecule has 8 heteroatoms. The molecule has 0 aliphatic rings. The van der Waals surface area contributed by atoms with Crippen LogP contribution in [0.4, 0.5) is 5.69 Å². The summed E-state index contributed by atoms with van der Waals surface area (Å²) in [6.45, 7) is 0.248. The van der Waals surface area contributed by atoms with E-state index in [1.54, 1.807) is 12.1 Å². The van der Waals surface area contributed by atoms with Crippen LogP contribution < -0.4 is 10.1 Å². The first-order chi connectivity index (χ1) is 15.2. The minimum atomic E-state index is -0.178. The molecule has 3 aromatic carbocycles. The van der Waals surface area contributed by atoms with Gasteiger partial charge in [0.15, 0.2) is 11.0 Å². The summed E-state index contributed by atoms with van der Waals surface area (Å²) >= 11 is 7.41. The van der Waals surface area contributed by atoms with Crippen LogP contribution in [0, 0.1) is 0 Å². The van der Waals surface area contributed by atoms with Crippen molar-refractivity contribution in [2.24, 2.45) is 0 Å². The smallest absolute Gasteiger partial charge is 0.234 e. The third-order valence-electron chi connectivity index (χ3n) is 4.31. The second-order valence-electron chi connectivity index (χ2n) is 6.49. The number of para-hydroxylation sites is 3. The molecule has 4 rings (SSSR count). The molecule has 1 heterocycles. The van der Waals surface area contributed by atoms with Gasteiger partial charge in [0.05, 0.1) is 16.5 Å². The third kappa shape index (κ3) is 5.45. The zero-order valence-electron chi connectivity index (χ0n) is 16.4. The minimum Gasteiger partial charge on any atom is -0.486 e. The first-order valence-electron chi connectivity index (χ1n) is 9.55. The first-order valence-corrected chi connectivity index (χ1v) is 10.9. The summed E-state index contributed by atoms with van der Waals surface area (Å²) in [7, 11) is 0. The molecule has 0 saturated heterocycles. The number of ether oxygens (including phenoxy) is 1. The molecule has 0 bridgehead atoms. The molecule has 0 aliphatic carbocycles. The number of hydrogen-bond donors (Lipinski definition) is 1.